The summed E-state index contributed by atoms with van der Waals surface area (Å²) in [5, 5.41) is 0. The fourth-order valence-corrected chi connectivity index (χ4v) is 2.27. The number of hydrogen-bond donors (Lipinski definition) is 1. The SMILES string of the molecule is CC(C)(C)c1nc(-c2ccncn2)nc(N)c1Br. The summed E-state index contributed by atoms with van der Waals surface area (Å²) in [6.07, 6.45) is 3.12. The van der Waals surface area contributed by atoms with Gasteiger partial charge in [0, 0.05) is 11.6 Å². The summed E-state index contributed by atoms with van der Waals surface area (Å²) in [7, 11) is 0. The molecule has 0 aliphatic rings. The third-order valence-corrected chi connectivity index (χ3v) is 3.18. The Kier molecular flexibility index (Phi) is 3.30. The Labute approximate surface area is 114 Å². The molecule has 94 valence electrons. The predicted octanol–water partition coefficient (Wildman–Crippen LogP) is 2.58. The minimum Gasteiger partial charge on any atom is -0.383 e. The molecular weight excluding hydrogens is 294 g/mol. The Balaban J connectivity index is 2.62. The van der Waals surface area contributed by atoms with Crippen LogP contribution in [-0.4, -0.2) is 19.9 Å². The summed E-state index contributed by atoms with van der Waals surface area (Å²) < 4.78 is 0.743. The van der Waals surface area contributed by atoms with Crippen LogP contribution in [-0.2, 0) is 5.41 Å². The number of nitrogens with zero attached hydrogens (tertiary/aromatic N) is 4. The molecule has 0 radical (unpaired) electrons. The van der Waals surface area contributed by atoms with Crippen molar-refractivity contribution in [2.24, 2.45) is 0 Å². The van der Waals surface area contributed by atoms with Gasteiger partial charge in [0.1, 0.15) is 17.8 Å². The molecule has 0 aliphatic heterocycles. The Morgan fingerprint density at radius 1 is 1.22 bits per heavy atom. The molecular formula is C12H14BrN5. The summed E-state index contributed by atoms with van der Waals surface area (Å²) in [6.45, 7) is 6.22. The maximum atomic E-state index is 5.91. The lowest BCUT2D eigenvalue weighted by Crippen LogP contribution is -2.17. The highest BCUT2D eigenvalue weighted by atomic mass is 79.9. The van der Waals surface area contributed by atoms with Crippen LogP contribution in [0.2, 0.25) is 0 Å². The second kappa shape index (κ2) is 4.61. The van der Waals surface area contributed by atoms with Crippen LogP contribution in [0, 0.1) is 0 Å². The third-order valence-electron chi connectivity index (χ3n) is 2.40. The Bertz CT molecular complexity index is 563. The van der Waals surface area contributed by atoms with Crippen LogP contribution < -0.4 is 5.73 Å². The molecule has 5 nitrogen and oxygen atoms in total. The molecule has 18 heavy (non-hydrogen) atoms. The van der Waals surface area contributed by atoms with E-state index in [4.69, 9.17) is 5.73 Å². The number of nitrogen functional groups attached to an aromatic ring is 1. The van der Waals surface area contributed by atoms with Gasteiger partial charge in [0.15, 0.2) is 5.82 Å². The molecule has 2 heterocycles. The van der Waals surface area contributed by atoms with Gasteiger partial charge < -0.3 is 5.73 Å². The highest BCUT2D eigenvalue weighted by molar-refractivity contribution is 9.10. The highest BCUT2D eigenvalue weighted by Gasteiger charge is 2.22. The molecule has 0 unspecified atom stereocenters. The smallest absolute Gasteiger partial charge is 0.180 e. The van der Waals surface area contributed by atoms with Crippen LogP contribution in [0.25, 0.3) is 11.5 Å². The normalized spacial score (nSPS) is 11.6. The topological polar surface area (TPSA) is 77.6 Å². The van der Waals surface area contributed by atoms with E-state index in [-0.39, 0.29) is 5.41 Å². The quantitative estimate of drug-likeness (QED) is 0.876. The molecule has 0 atom stereocenters. The number of hydrogen-bond acceptors (Lipinski definition) is 5. The third kappa shape index (κ3) is 2.48. The average molecular weight is 308 g/mol. The van der Waals surface area contributed by atoms with E-state index in [2.05, 4.69) is 56.6 Å². The Hall–Kier alpha value is -1.56. The van der Waals surface area contributed by atoms with Crippen molar-refractivity contribution in [3.8, 4) is 11.5 Å². The molecule has 2 aromatic rings. The van der Waals surface area contributed by atoms with Crippen molar-refractivity contribution < 1.29 is 0 Å². The zero-order chi connectivity index (χ0) is 13.3. The van der Waals surface area contributed by atoms with Crippen molar-refractivity contribution in [1.29, 1.82) is 0 Å². The van der Waals surface area contributed by atoms with Crippen LogP contribution in [0.5, 0.6) is 0 Å². The molecule has 0 fully saturated rings. The van der Waals surface area contributed by atoms with Crippen LogP contribution in [0.1, 0.15) is 26.5 Å². The van der Waals surface area contributed by atoms with E-state index in [9.17, 15) is 0 Å². The van der Waals surface area contributed by atoms with E-state index in [0.717, 1.165) is 10.2 Å². The van der Waals surface area contributed by atoms with Gasteiger partial charge >= 0.3 is 0 Å². The van der Waals surface area contributed by atoms with Crippen LogP contribution in [0.3, 0.4) is 0 Å². The number of halogens is 1. The van der Waals surface area contributed by atoms with Gasteiger partial charge in [-0.1, -0.05) is 20.8 Å². The zero-order valence-electron chi connectivity index (χ0n) is 10.5. The first-order chi connectivity index (χ1) is 8.39. The van der Waals surface area contributed by atoms with Crippen molar-refractivity contribution in [3.63, 3.8) is 0 Å². The molecule has 0 bridgehead atoms. The summed E-state index contributed by atoms with van der Waals surface area (Å²) in [4.78, 5) is 16.8. The predicted molar refractivity (Wildman–Crippen MR) is 73.9 cm³/mol. The molecule has 2 rings (SSSR count). The molecule has 2 N–H and O–H groups in total. The van der Waals surface area contributed by atoms with Gasteiger partial charge in [-0.05, 0) is 22.0 Å². The summed E-state index contributed by atoms with van der Waals surface area (Å²) in [6, 6.07) is 1.76. The molecule has 2 aromatic heterocycles. The minimum absolute atomic E-state index is 0.127. The van der Waals surface area contributed by atoms with Gasteiger partial charge in [0.05, 0.1) is 10.2 Å². The Morgan fingerprint density at radius 3 is 2.50 bits per heavy atom. The fraction of sp³-hybridized carbons (Fsp3) is 0.333. The molecule has 0 spiro atoms. The van der Waals surface area contributed by atoms with Gasteiger partial charge in [0.2, 0.25) is 0 Å². The van der Waals surface area contributed by atoms with Gasteiger partial charge in [-0.25, -0.2) is 19.9 Å². The van der Waals surface area contributed by atoms with Crippen LogP contribution in [0.4, 0.5) is 5.82 Å². The lowest BCUT2D eigenvalue weighted by molar-refractivity contribution is 0.564. The maximum absolute atomic E-state index is 5.91. The number of aromatic nitrogens is 4. The highest BCUT2D eigenvalue weighted by Crippen LogP contribution is 2.32. The molecule has 0 saturated heterocycles. The number of anilines is 1. The molecule has 6 heteroatoms. The van der Waals surface area contributed by atoms with Crippen molar-refractivity contribution in [2.45, 2.75) is 26.2 Å². The standard InChI is InChI=1S/C12H14BrN5/c1-12(2,3)9-8(13)10(14)18-11(17-9)7-4-5-15-6-16-7/h4-6H,1-3H3,(H2,14,17,18). The first-order valence-electron chi connectivity index (χ1n) is 5.49. The van der Waals surface area contributed by atoms with Crippen molar-refractivity contribution in [3.05, 3.63) is 28.8 Å². The molecule has 0 amide bonds. The summed E-state index contributed by atoms with van der Waals surface area (Å²) in [5.74, 6) is 0.937. The van der Waals surface area contributed by atoms with E-state index in [1.165, 1.54) is 6.33 Å². The van der Waals surface area contributed by atoms with Crippen molar-refractivity contribution in [1.82, 2.24) is 19.9 Å². The Morgan fingerprint density at radius 2 is 1.94 bits per heavy atom. The van der Waals surface area contributed by atoms with E-state index in [1.54, 1.807) is 12.3 Å². The van der Waals surface area contributed by atoms with Crippen molar-refractivity contribution >= 4 is 21.7 Å². The van der Waals surface area contributed by atoms with Crippen molar-refractivity contribution in [2.75, 3.05) is 5.73 Å². The monoisotopic (exact) mass is 307 g/mol. The molecule has 0 aromatic carbocycles. The largest absolute Gasteiger partial charge is 0.383 e. The minimum atomic E-state index is -0.127. The first kappa shape index (κ1) is 12.9. The molecule has 0 aliphatic carbocycles. The second-order valence-corrected chi connectivity index (χ2v) is 5.73. The van der Waals surface area contributed by atoms with E-state index < -0.39 is 0 Å². The van der Waals surface area contributed by atoms with E-state index in [1.807, 2.05) is 0 Å². The first-order valence-corrected chi connectivity index (χ1v) is 6.29. The number of nitrogens with two attached hydrogens (primary N) is 1. The van der Waals surface area contributed by atoms with Crippen LogP contribution in [0.15, 0.2) is 23.1 Å². The fourth-order valence-electron chi connectivity index (χ4n) is 1.50. The summed E-state index contributed by atoms with van der Waals surface area (Å²) in [5.41, 5.74) is 7.31. The zero-order valence-corrected chi connectivity index (χ0v) is 12.1. The number of rotatable bonds is 1. The average Bonchev–Trinajstić information content (AvgIpc) is 2.32. The van der Waals surface area contributed by atoms with E-state index >= 15 is 0 Å². The van der Waals surface area contributed by atoms with Crippen LogP contribution >= 0.6 is 15.9 Å². The second-order valence-electron chi connectivity index (χ2n) is 4.94. The summed E-state index contributed by atoms with van der Waals surface area (Å²) >= 11 is 3.44. The maximum Gasteiger partial charge on any atom is 0.180 e. The van der Waals surface area contributed by atoms with Gasteiger partial charge in [-0.3, -0.25) is 0 Å². The van der Waals surface area contributed by atoms with E-state index in [0.29, 0.717) is 17.3 Å². The lowest BCUT2D eigenvalue weighted by Gasteiger charge is -2.20. The molecule has 0 saturated carbocycles. The van der Waals surface area contributed by atoms with Gasteiger partial charge in [-0.15, -0.1) is 0 Å². The van der Waals surface area contributed by atoms with Gasteiger partial charge in [0.25, 0.3) is 0 Å². The van der Waals surface area contributed by atoms with Gasteiger partial charge in [-0.2, -0.15) is 0 Å². The lowest BCUT2D eigenvalue weighted by atomic mass is 9.92.